The number of carbonyl (C=O) groups is 1. The molecule has 1 aromatic heterocycles. The number of aromatic amines is 1. The highest BCUT2D eigenvalue weighted by atomic mass is 32.2. The number of aryl methyl sites for hydroxylation is 1. The number of sulfonamides is 1. The van der Waals surface area contributed by atoms with Gasteiger partial charge >= 0.3 is 0 Å². The second-order valence-electron chi connectivity index (χ2n) is 5.54. The predicted octanol–water partition coefficient (Wildman–Crippen LogP) is 2.05. The van der Waals surface area contributed by atoms with Gasteiger partial charge in [-0.3, -0.25) is 4.79 Å². The van der Waals surface area contributed by atoms with Crippen molar-refractivity contribution < 1.29 is 13.2 Å². The lowest BCUT2D eigenvalue weighted by Crippen LogP contribution is -2.23. The molecule has 7 heteroatoms. The van der Waals surface area contributed by atoms with E-state index in [-0.39, 0.29) is 10.8 Å². The van der Waals surface area contributed by atoms with Gasteiger partial charge in [0.2, 0.25) is 10.0 Å². The summed E-state index contributed by atoms with van der Waals surface area (Å²) < 4.78 is 22.5. The van der Waals surface area contributed by atoms with E-state index in [2.05, 4.69) is 10.3 Å². The van der Waals surface area contributed by atoms with Crippen LogP contribution in [0.15, 0.2) is 53.4 Å². The topological polar surface area (TPSA) is 105 Å². The van der Waals surface area contributed by atoms with Crippen molar-refractivity contribution in [1.29, 1.82) is 0 Å². The van der Waals surface area contributed by atoms with Gasteiger partial charge in [0.1, 0.15) is 0 Å². The Balaban J connectivity index is 1.77. The highest BCUT2D eigenvalue weighted by molar-refractivity contribution is 7.89. The van der Waals surface area contributed by atoms with Gasteiger partial charge in [-0.25, -0.2) is 13.6 Å². The summed E-state index contributed by atoms with van der Waals surface area (Å²) in [6.07, 6.45) is 0. The predicted molar refractivity (Wildman–Crippen MR) is 92.0 cm³/mol. The van der Waals surface area contributed by atoms with Crippen LogP contribution in [0.2, 0.25) is 0 Å². The summed E-state index contributed by atoms with van der Waals surface area (Å²) in [5.41, 5.74) is 3.12. The third kappa shape index (κ3) is 3.17. The molecular weight excluding hydrogens is 326 g/mol. The van der Waals surface area contributed by atoms with Crippen LogP contribution in [0.3, 0.4) is 0 Å². The van der Waals surface area contributed by atoms with E-state index in [0.29, 0.717) is 12.1 Å². The smallest absolute Gasteiger partial charge is 0.253 e. The number of para-hydroxylation sites is 1. The number of benzene rings is 2. The van der Waals surface area contributed by atoms with E-state index in [1.165, 1.54) is 12.1 Å². The van der Waals surface area contributed by atoms with Gasteiger partial charge in [0.15, 0.2) is 0 Å². The first-order chi connectivity index (χ1) is 11.4. The molecule has 0 aliphatic heterocycles. The summed E-state index contributed by atoms with van der Waals surface area (Å²) in [7, 11) is -3.71. The van der Waals surface area contributed by atoms with Crippen molar-refractivity contribution in [3.63, 3.8) is 0 Å². The number of H-pyrrole nitrogens is 1. The molecule has 0 spiro atoms. The largest absolute Gasteiger partial charge is 0.358 e. The minimum absolute atomic E-state index is 0.0463. The number of carbonyl (C=O) groups excluding carboxylic acids is 1. The molecule has 0 unspecified atom stereocenters. The van der Waals surface area contributed by atoms with Crippen LogP contribution < -0.4 is 10.5 Å². The van der Waals surface area contributed by atoms with E-state index < -0.39 is 10.0 Å². The van der Waals surface area contributed by atoms with Crippen molar-refractivity contribution in [2.45, 2.75) is 18.4 Å². The molecule has 1 heterocycles. The Bertz CT molecular complexity index is 1010. The second-order valence-corrected chi connectivity index (χ2v) is 7.10. The molecule has 3 aromatic rings. The highest BCUT2D eigenvalue weighted by Crippen LogP contribution is 2.21. The van der Waals surface area contributed by atoms with Crippen LogP contribution in [0.25, 0.3) is 10.9 Å². The van der Waals surface area contributed by atoms with Crippen molar-refractivity contribution in [2.75, 3.05) is 0 Å². The highest BCUT2D eigenvalue weighted by Gasteiger charge is 2.15. The van der Waals surface area contributed by atoms with Crippen LogP contribution in [0, 0.1) is 6.92 Å². The Morgan fingerprint density at radius 2 is 1.79 bits per heavy atom. The Labute approximate surface area is 139 Å². The molecule has 0 atom stereocenters. The summed E-state index contributed by atoms with van der Waals surface area (Å²) in [4.78, 5) is 15.7. The van der Waals surface area contributed by atoms with E-state index in [1.54, 1.807) is 12.1 Å². The number of nitrogens with one attached hydrogen (secondary N) is 2. The molecule has 3 rings (SSSR count). The quantitative estimate of drug-likeness (QED) is 0.675. The summed E-state index contributed by atoms with van der Waals surface area (Å²) in [6, 6.07) is 13.7. The SMILES string of the molecule is Cc1[nH]c2ccccc2c1C(=O)NCc1ccc(S(N)(=O)=O)cc1. The molecule has 0 radical (unpaired) electrons. The number of aromatic nitrogens is 1. The third-order valence-corrected chi connectivity index (χ3v) is 4.75. The molecule has 0 fully saturated rings. The summed E-state index contributed by atoms with van der Waals surface area (Å²) in [5, 5.41) is 8.79. The zero-order chi connectivity index (χ0) is 17.3. The lowest BCUT2D eigenvalue weighted by Gasteiger charge is -2.06. The lowest BCUT2D eigenvalue weighted by molar-refractivity contribution is 0.0952. The van der Waals surface area contributed by atoms with Crippen molar-refractivity contribution in [3.8, 4) is 0 Å². The molecular formula is C17H17N3O3S. The second kappa shape index (κ2) is 6.10. The van der Waals surface area contributed by atoms with Crippen LogP contribution >= 0.6 is 0 Å². The van der Waals surface area contributed by atoms with Gasteiger partial charge in [0.25, 0.3) is 5.91 Å². The van der Waals surface area contributed by atoms with E-state index in [9.17, 15) is 13.2 Å². The van der Waals surface area contributed by atoms with Gasteiger partial charge in [-0.15, -0.1) is 0 Å². The van der Waals surface area contributed by atoms with Crippen molar-refractivity contribution in [1.82, 2.24) is 10.3 Å². The van der Waals surface area contributed by atoms with E-state index in [4.69, 9.17) is 5.14 Å². The fraction of sp³-hybridized carbons (Fsp3) is 0.118. The Kier molecular flexibility index (Phi) is 4.13. The van der Waals surface area contributed by atoms with Crippen LogP contribution in [-0.2, 0) is 16.6 Å². The molecule has 4 N–H and O–H groups in total. The van der Waals surface area contributed by atoms with Gasteiger partial charge in [-0.2, -0.15) is 0 Å². The van der Waals surface area contributed by atoms with E-state index in [1.807, 2.05) is 31.2 Å². The Morgan fingerprint density at radius 3 is 2.46 bits per heavy atom. The maximum absolute atomic E-state index is 12.5. The minimum Gasteiger partial charge on any atom is -0.358 e. The van der Waals surface area contributed by atoms with Gasteiger partial charge in [-0.05, 0) is 30.7 Å². The standard InChI is InChI=1S/C17H17N3O3S/c1-11-16(14-4-2-3-5-15(14)20-11)17(21)19-10-12-6-8-13(9-7-12)24(18,22)23/h2-9,20H,10H2,1H3,(H,19,21)(H2,18,22,23). The summed E-state index contributed by atoms with van der Waals surface area (Å²) >= 11 is 0. The molecule has 0 saturated heterocycles. The van der Waals surface area contributed by atoms with Gasteiger partial charge in [-0.1, -0.05) is 30.3 Å². The molecule has 0 aliphatic carbocycles. The normalized spacial score (nSPS) is 11.6. The van der Waals surface area contributed by atoms with Crippen molar-refractivity contribution >= 4 is 26.8 Å². The number of primary sulfonamides is 1. The first-order valence-electron chi connectivity index (χ1n) is 7.33. The van der Waals surface area contributed by atoms with Gasteiger partial charge in [0.05, 0.1) is 10.5 Å². The molecule has 0 saturated carbocycles. The average molecular weight is 343 g/mol. The number of fused-ring (bicyclic) bond motifs is 1. The Morgan fingerprint density at radius 1 is 1.12 bits per heavy atom. The lowest BCUT2D eigenvalue weighted by atomic mass is 10.1. The fourth-order valence-electron chi connectivity index (χ4n) is 2.64. The zero-order valence-corrected chi connectivity index (χ0v) is 13.9. The average Bonchev–Trinajstić information content (AvgIpc) is 2.88. The first-order valence-corrected chi connectivity index (χ1v) is 8.88. The maximum atomic E-state index is 12.5. The molecule has 24 heavy (non-hydrogen) atoms. The van der Waals surface area contributed by atoms with Gasteiger partial charge < -0.3 is 10.3 Å². The van der Waals surface area contributed by atoms with Crippen LogP contribution in [0.5, 0.6) is 0 Å². The first kappa shape index (κ1) is 16.2. The zero-order valence-electron chi connectivity index (χ0n) is 13.0. The summed E-state index contributed by atoms with van der Waals surface area (Å²) in [6.45, 7) is 2.15. The van der Waals surface area contributed by atoms with Crippen molar-refractivity contribution in [2.24, 2.45) is 5.14 Å². The number of hydrogen-bond donors (Lipinski definition) is 3. The van der Waals surface area contributed by atoms with E-state index >= 15 is 0 Å². The van der Waals surface area contributed by atoms with Crippen LogP contribution in [-0.4, -0.2) is 19.3 Å². The molecule has 1 amide bonds. The Hall–Kier alpha value is -2.64. The number of amides is 1. The fourth-order valence-corrected chi connectivity index (χ4v) is 3.15. The minimum atomic E-state index is -3.71. The number of rotatable bonds is 4. The molecule has 124 valence electrons. The molecule has 2 aromatic carbocycles. The van der Waals surface area contributed by atoms with Gasteiger partial charge in [0, 0.05) is 23.1 Å². The van der Waals surface area contributed by atoms with Crippen molar-refractivity contribution in [3.05, 3.63) is 65.4 Å². The van der Waals surface area contributed by atoms with Crippen LogP contribution in [0.1, 0.15) is 21.6 Å². The van der Waals surface area contributed by atoms with Crippen LogP contribution in [0.4, 0.5) is 0 Å². The van der Waals surface area contributed by atoms with E-state index in [0.717, 1.165) is 22.2 Å². The number of nitrogens with two attached hydrogens (primary N) is 1. The summed E-state index contributed by atoms with van der Waals surface area (Å²) in [5.74, 6) is -0.180. The third-order valence-electron chi connectivity index (χ3n) is 3.83. The molecule has 0 bridgehead atoms. The molecule has 6 nitrogen and oxygen atoms in total. The monoisotopic (exact) mass is 343 g/mol. The molecule has 0 aliphatic rings. The number of hydrogen-bond acceptors (Lipinski definition) is 3. The maximum Gasteiger partial charge on any atom is 0.253 e.